The summed E-state index contributed by atoms with van der Waals surface area (Å²) >= 11 is 0. The van der Waals surface area contributed by atoms with Crippen LogP contribution in [-0.4, -0.2) is 24.7 Å². The molecule has 0 heterocycles. The molecule has 0 aliphatic rings. The van der Waals surface area contributed by atoms with Crippen LogP contribution >= 0.6 is 0 Å². The molecule has 1 aromatic rings. The van der Waals surface area contributed by atoms with Crippen molar-refractivity contribution in [2.75, 3.05) is 13.7 Å². The highest BCUT2D eigenvalue weighted by Gasteiger charge is 2.30. The molecule has 1 rings (SSSR count). The Morgan fingerprint density at radius 3 is 2.27 bits per heavy atom. The smallest absolute Gasteiger partial charge is 0.312 e. The average molecular weight is 307 g/mol. The predicted molar refractivity (Wildman–Crippen MR) is 89.5 cm³/mol. The lowest BCUT2D eigenvalue weighted by Crippen LogP contribution is -2.26. The number of aliphatic carboxylic acids is 1. The summed E-state index contributed by atoms with van der Waals surface area (Å²) in [6.45, 7) is 11.0. The van der Waals surface area contributed by atoms with Crippen LogP contribution in [0.4, 0.5) is 0 Å². The molecule has 124 valence electrons. The number of ether oxygens (including phenoxy) is 1. The van der Waals surface area contributed by atoms with E-state index in [2.05, 4.69) is 34.6 Å². The van der Waals surface area contributed by atoms with Gasteiger partial charge in [-0.2, -0.15) is 0 Å². The molecular formula is C18H29NO3. The molecule has 1 atom stereocenters. The topological polar surface area (TPSA) is 72.5 Å². The number of carboxylic acid groups (broad SMARTS) is 1. The highest BCUT2D eigenvalue weighted by atomic mass is 16.5. The zero-order chi connectivity index (χ0) is 17.1. The Labute approximate surface area is 133 Å². The quantitative estimate of drug-likeness (QED) is 0.843. The average Bonchev–Trinajstić information content (AvgIpc) is 2.36. The monoisotopic (exact) mass is 307 g/mol. The summed E-state index contributed by atoms with van der Waals surface area (Å²) in [5.74, 6) is -1.10. The van der Waals surface area contributed by atoms with Crippen LogP contribution in [0.15, 0.2) is 18.2 Å². The number of nitrogens with two attached hydrogens (primary N) is 1. The molecular weight excluding hydrogens is 278 g/mol. The van der Waals surface area contributed by atoms with Crippen LogP contribution in [0.2, 0.25) is 0 Å². The van der Waals surface area contributed by atoms with E-state index in [1.807, 2.05) is 18.2 Å². The third-order valence-electron chi connectivity index (χ3n) is 3.89. The van der Waals surface area contributed by atoms with Crippen molar-refractivity contribution in [3.8, 4) is 5.75 Å². The van der Waals surface area contributed by atoms with Crippen molar-refractivity contribution in [1.29, 1.82) is 0 Å². The van der Waals surface area contributed by atoms with E-state index in [0.717, 1.165) is 12.0 Å². The van der Waals surface area contributed by atoms with Gasteiger partial charge in [0, 0.05) is 12.1 Å². The summed E-state index contributed by atoms with van der Waals surface area (Å²) in [7, 11) is 1.55. The molecule has 0 amide bonds. The Bertz CT molecular complexity index is 530. The summed E-state index contributed by atoms with van der Waals surface area (Å²) in [4.78, 5) is 11.5. The van der Waals surface area contributed by atoms with Gasteiger partial charge in [0.15, 0.2) is 0 Å². The van der Waals surface area contributed by atoms with E-state index in [0.29, 0.717) is 11.3 Å². The SMILES string of the molecule is COc1ccc(C(C)(C)CC(C)(C)C)cc1C(CN)C(=O)O. The van der Waals surface area contributed by atoms with Crippen LogP contribution in [0.1, 0.15) is 58.1 Å². The molecule has 4 heteroatoms. The van der Waals surface area contributed by atoms with Crippen LogP contribution in [-0.2, 0) is 10.2 Å². The fourth-order valence-corrected chi connectivity index (χ4v) is 3.22. The van der Waals surface area contributed by atoms with Gasteiger partial charge in [-0.25, -0.2) is 0 Å². The highest BCUT2D eigenvalue weighted by molar-refractivity contribution is 5.77. The van der Waals surface area contributed by atoms with Gasteiger partial charge in [0.25, 0.3) is 0 Å². The minimum atomic E-state index is -0.924. The molecule has 0 aliphatic carbocycles. The lowest BCUT2D eigenvalue weighted by molar-refractivity contribution is -0.138. The van der Waals surface area contributed by atoms with Gasteiger partial charge in [-0.1, -0.05) is 46.8 Å². The summed E-state index contributed by atoms with van der Waals surface area (Å²) < 4.78 is 5.33. The van der Waals surface area contributed by atoms with Crippen LogP contribution in [0.25, 0.3) is 0 Å². The lowest BCUT2D eigenvalue weighted by atomic mass is 9.71. The zero-order valence-corrected chi connectivity index (χ0v) is 14.6. The zero-order valence-electron chi connectivity index (χ0n) is 14.6. The molecule has 1 unspecified atom stereocenters. The minimum Gasteiger partial charge on any atom is -0.496 e. The molecule has 1 aromatic carbocycles. The van der Waals surface area contributed by atoms with E-state index in [9.17, 15) is 9.90 Å². The Hall–Kier alpha value is -1.55. The number of rotatable bonds is 6. The van der Waals surface area contributed by atoms with Crippen molar-refractivity contribution in [2.45, 2.75) is 52.4 Å². The standard InChI is InChI=1S/C18H29NO3/c1-17(2,3)11-18(4,5)12-7-8-15(22-6)13(9-12)14(10-19)16(20)21/h7-9,14H,10-11,19H2,1-6H3,(H,20,21). The minimum absolute atomic E-state index is 0.0504. The van der Waals surface area contributed by atoms with E-state index in [-0.39, 0.29) is 17.4 Å². The van der Waals surface area contributed by atoms with Crippen molar-refractivity contribution < 1.29 is 14.6 Å². The molecule has 0 aromatic heterocycles. The first-order valence-electron chi connectivity index (χ1n) is 7.63. The second-order valence-corrected chi connectivity index (χ2v) is 7.70. The van der Waals surface area contributed by atoms with Crippen LogP contribution in [0, 0.1) is 5.41 Å². The number of benzene rings is 1. The molecule has 0 aliphatic heterocycles. The lowest BCUT2D eigenvalue weighted by Gasteiger charge is -2.33. The summed E-state index contributed by atoms with van der Waals surface area (Å²) in [5, 5.41) is 9.39. The molecule has 0 saturated heterocycles. The first kappa shape index (κ1) is 18.5. The number of hydrogen-bond acceptors (Lipinski definition) is 3. The summed E-state index contributed by atoms with van der Waals surface area (Å²) in [6.07, 6.45) is 0.992. The highest BCUT2D eigenvalue weighted by Crippen LogP contribution is 2.39. The number of hydrogen-bond donors (Lipinski definition) is 2. The van der Waals surface area contributed by atoms with Crippen molar-refractivity contribution >= 4 is 5.97 Å². The third-order valence-corrected chi connectivity index (χ3v) is 3.89. The van der Waals surface area contributed by atoms with Gasteiger partial charge in [0.1, 0.15) is 5.75 Å². The number of methoxy groups -OCH3 is 1. The molecule has 0 fully saturated rings. The fraction of sp³-hybridized carbons (Fsp3) is 0.611. The van der Waals surface area contributed by atoms with Crippen LogP contribution in [0.3, 0.4) is 0 Å². The van der Waals surface area contributed by atoms with Gasteiger partial charge in [0.2, 0.25) is 0 Å². The Morgan fingerprint density at radius 2 is 1.86 bits per heavy atom. The fourth-order valence-electron chi connectivity index (χ4n) is 3.22. The van der Waals surface area contributed by atoms with Crippen molar-refractivity contribution in [1.82, 2.24) is 0 Å². The summed E-state index contributed by atoms with van der Waals surface area (Å²) in [6, 6.07) is 5.81. The van der Waals surface area contributed by atoms with Gasteiger partial charge < -0.3 is 15.6 Å². The number of carboxylic acids is 1. The summed E-state index contributed by atoms with van der Waals surface area (Å²) in [5.41, 5.74) is 7.54. The Balaban J connectivity index is 3.33. The van der Waals surface area contributed by atoms with Gasteiger partial charge in [-0.15, -0.1) is 0 Å². The molecule has 22 heavy (non-hydrogen) atoms. The van der Waals surface area contributed by atoms with Crippen LogP contribution < -0.4 is 10.5 Å². The maximum Gasteiger partial charge on any atom is 0.312 e. The Kier molecular flexibility index (Phi) is 5.63. The first-order chi connectivity index (χ1) is 10.0. The van der Waals surface area contributed by atoms with Crippen molar-refractivity contribution in [3.05, 3.63) is 29.3 Å². The van der Waals surface area contributed by atoms with Gasteiger partial charge >= 0.3 is 5.97 Å². The maximum atomic E-state index is 11.5. The first-order valence-corrected chi connectivity index (χ1v) is 7.63. The van der Waals surface area contributed by atoms with Gasteiger partial charge in [-0.3, -0.25) is 4.79 Å². The molecule has 0 radical (unpaired) electrons. The molecule has 0 spiro atoms. The van der Waals surface area contributed by atoms with Gasteiger partial charge in [0.05, 0.1) is 13.0 Å². The van der Waals surface area contributed by atoms with Gasteiger partial charge in [-0.05, 0) is 28.9 Å². The normalized spacial score (nSPS) is 13.8. The van der Waals surface area contributed by atoms with E-state index in [4.69, 9.17) is 10.5 Å². The Morgan fingerprint density at radius 1 is 1.27 bits per heavy atom. The third kappa shape index (κ3) is 4.47. The molecule has 0 saturated carbocycles. The maximum absolute atomic E-state index is 11.5. The van der Waals surface area contributed by atoms with E-state index in [1.54, 1.807) is 7.11 Å². The molecule has 4 nitrogen and oxygen atoms in total. The molecule has 3 N–H and O–H groups in total. The van der Waals surface area contributed by atoms with E-state index < -0.39 is 11.9 Å². The predicted octanol–water partition coefficient (Wildman–Crippen LogP) is 3.54. The number of carbonyl (C=O) groups is 1. The second-order valence-electron chi connectivity index (χ2n) is 7.70. The van der Waals surface area contributed by atoms with E-state index in [1.165, 1.54) is 0 Å². The van der Waals surface area contributed by atoms with E-state index >= 15 is 0 Å². The van der Waals surface area contributed by atoms with Crippen LogP contribution in [0.5, 0.6) is 5.75 Å². The second kappa shape index (κ2) is 6.69. The largest absolute Gasteiger partial charge is 0.496 e. The molecule has 0 bridgehead atoms. The van der Waals surface area contributed by atoms with Crippen molar-refractivity contribution in [2.24, 2.45) is 11.1 Å². The van der Waals surface area contributed by atoms with Crippen molar-refractivity contribution in [3.63, 3.8) is 0 Å².